The van der Waals surface area contributed by atoms with Crippen LogP contribution < -0.4 is 0 Å². The highest BCUT2D eigenvalue weighted by Gasteiger charge is 2.67. The lowest BCUT2D eigenvalue weighted by atomic mass is 9.65. The lowest BCUT2D eigenvalue weighted by molar-refractivity contribution is -0.301. The van der Waals surface area contributed by atoms with Crippen molar-refractivity contribution in [1.29, 1.82) is 0 Å². The Hall–Kier alpha value is -2.68. The third kappa shape index (κ3) is 4.64. The quantitative estimate of drug-likeness (QED) is 0.439. The van der Waals surface area contributed by atoms with Crippen LogP contribution in [0.2, 0.25) is 0 Å². The molecule has 14 heteroatoms. The van der Waals surface area contributed by atoms with Crippen molar-refractivity contribution in [3.05, 3.63) is 0 Å². The summed E-state index contributed by atoms with van der Waals surface area (Å²) in [6.45, 7) is 30.1. The van der Waals surface area contributed by atoms with Gasteiger partial charge in [-0.1, -0.05) is 27.7 Å². The second kappa shape index (κ2) is 10.9. The van der Waals surface area contributed by atoms with Gasteiger partial charge in [0.25, 0.3) is 0 Å². The van der Waals surface area contributed by atoms with E-state index in [1.165, 1.54) is 13.8 Å². The Morgan fingerprint density at radius 2 is 0.750 bits per heavy atom. The standard InChI is InChI=1S/C34H58N8O6/c1-19-25(20(2)32(9,10)41(31(19,7)8)47-23(5)43)35-15-37-27-28-39(29(37)45)17-36(18-40(28)30(46)38(27)16-35)26-21(3)33(11,12)42(48-24(6)44)34(13,14)22(26)4/h19-22,25-28H,15-18H2,1-14H3. The van der Waals surface area contributed by atoms with Gasteiger partial charge in [-0.3, -0.25) is 39.0 Å². The van der Waals surface area contributed by atoms with E-state index in [2.05, 4.69) is 92.9 Å². The summed E-state index contributed by atoms with van der Waals surface area (Å²) in [6.07, 6.45) is -0.686. The molecule has 6 aliphatic rings. The molecule has 6 saturated heterocycles. The molecule has 6 aliphatic heterocycles. The minimum absolute atomic E-state index is 0.0120. The van der Waals surface area contributed by atoms with Crippen LogP contribution in [0.1, 0.15) is 96.9 Å². The number of carbonyl (C=O) groups is 4. The fourth-order valence-corrected chi connectivity index (χ4v) is 10.3. The highest BCUT2D eigenvalue weighted by Crippen LogP contribution is 2.51. The molecule has 0 spiro atoms. The van der Waals surface area contributed by atoms with Gasteiger partial charge < -0.3 is 9.68 Å². The topological polar surface area (TPSA) is 113 Å². The third-order valence-corrected chi connectivity index (χ3v) is 13.7. The van der Waals surface area contributed by atoms with E-state index in [0.29, 0.717) is 26.7 Å². The molecule has 0 radical (unpaired) electrons. The van der Waals surface area contributed by atoms with Crippen LogP contribution in [0, 0.1) is 23.7 Å². The molecule has 0 aliphatic carbocycles. The number of piperidine rings is 2. The van der Waals surface area contributed by atoms with E-state index in [-0.39, 0.29) is 72.1 Å². The summed E-state index contributed by atoms with van der Waals surface area (Å²) in [6, 6.07) is -0.0978. The predicted octanol–water partition coefficient (Wildman–Crippen LogP) is 3.56. The van der Waals surface area contributed by atoms with Crippen molar-refractivity contribution in [2.45, 2.75) is 144 Å². The summed E-state index contributed by atoms with van der Waals surface area (Å²) in [5, 5.41) is 3.72. The molecule has 0 aromatic carbocycles. The second-order valence-corrected chi connectivity index (χ2v) is 17.5. The summed E-state index contributed by atoms with van der Waals surface area (Å²) in [7, 11) is 0. The fraction of sp³-hybridized carbons (Fsp3) is 0.882. The molecule has 6 heterocycles. The van der Waals surface area contributed by atoms with E-state index in [0.717, 1.165) is 0 Å². The third-order valence-electron chi connectivity index (χ3n) is 13.7. The first-order valence-electron chi connectivity index (χ1n) is 17.6. The van der Waals surface area contributed by atoms with E-state index in [1.807, 2.05) is 29.7 Å². The second-order valence-electron chi connectivity index (χ2n) is 17.5. The molecule has 4 amide bonds. The highest BCUT2D eigenvalue weighted by molar-refractivity contribution is 5.86. The molecule has 270 valence electrons. The monoisotopic (exact) mass is 674 g/mol. The zero-order valence-electron chi connectivity index (χ0n) is 31.5. The zero-order valence-corrected chi connectivity index (χ0v) is 31.5. The Balaban J connectivity index is 1.28. The van der Waals surface area contributed by atoms with Crippen LogP contribution in [0.15, 0.2) is 0 Å². The molecule has 6 rings (SSSR count). The summed E-state index contributed by atoms with van der Waals surface area (Å²) < 4.78 is 0. The maximum atomic E-state index is 14.4. The lowest BCUT2D eigenvalue weighted by Crippen LogP contribution is -2.75. The van der Waals surface area contributed by atoms with Crippen molar-refractivity contribution >= 4 is 24.0 Å². The number of rotatable bonds is 4. The number of hydrogen-bond donors (Lipinski definition) is 0. The summed E-state index contributed by atoms with van der Waals surface area (Å²) in [4.78, 5) is 76.8. The van der Waals surface area contributed by atoms with E-state index in [4.69, 9.17) is 9.68 Å². The average Bonchev–Trinajstić information content (AvgIpc) is 3.43. The van der Waals surface area contributed by atoms with E-state index < -0.39 is 22.2 Å². The first kappa shape index (κ1) is 35.2. The number of amides is 4. The van der Waals surface area contributed by atoms with E-state index in [1.54, 1.807) is 0 Å². The van der Waals surface area contributed by atoms with Gasteiger partial charge in [-0.05, 0) is 79.1 Å². The van der Waals surface area contributed by atoms with Crippen molar-refractivity contribution in [1.82, 2.24) is 39.5 Å². The van der Waals surface area contributed by atoms with Crippen molar-refractivity contribution in [3.63, 3.8) is 0 Å². The fourth-order valence-electron chi connectivity index (χ4n) is 10.3. The van der Waals surface area contributed by atoms with Crippen molar-refractivity contribution < 1.29 is 28.9 Å². The zero-order chi connectivity index (χ0) is 35.8. The molecule has 14 nitrogen and oxygen atoms in total. The first-order valence-corrected chi connectivity index (χ1v) is 17.6. The molecule has 6 fully saturated rings. The van der Waals surface area contributed by atoms with Crippen LogP contribution >= 0.6 is 0 Å². The van der Waals surface area contributed by atoms with Crippen LogP contribution in [-0.4, -0.2) is 137 Å². The maximum absolute atomic E-state index is 14.4. The molecule has 0 saturated carbocycles. The maximum Gasteiger partial charge on any atom is 0.325 e. The Kier molecular flexibility index (Phi) is 7.99. The Labute approximate surface area is 286 Å². The van der Waals surface area contributed by atoms with Gasteiger partial charge in [0.05, 0.1) is 48.8 Å². The molecular formula is C34H58N8O6. The molecule has 0 N–H and O–H groups in total. The van der Waals surface area contributed by atoms with Gasteiger partial charge in [0.1, 0.15) is 0 Å². The van der Waals surface area contributed by atoms with Gasteiger partial charge in [-0.2, -0.15) is 0 Å². The van der Waals surface area contributed by atoms with Crippen LogP contribution in [-0.2, 0) is 19.3 Å². The molecular weight excluding hydrogens is 616 g/mol. The first-order chi connectivity index (χ1) is 22.0. The lowest BCUT2D eigenvalue weighted by Gasteiger charge is -2.62. The van der Waals surface area contributed by atoms with Gasteiger partial charge >= 0.3 is 24.0 Å². The number of hydrogen-bond acceptors (Lipinski definition) is 10. The van der Waals surface area contributed by atoms with Crippen LogP contribution in [0.4, 0.5) is 9.59 Å². The van der Waals surface area contributed by atoms with Crippen molar-refractivity contribution in [2.75, 3.05) is 26.7 Å². The minimum atomic E-state index is -0.500. The van der Waals surface area contributed by atoms with Gasteiger partial charge in [0, 0.05) is 25.9 Å². The molecule has 0 aromatic rings. The van der Waals surface area contributed by atoms with Gasteiger partial charge in [0.2, 0.25) is 0 Å². The summed E-state index contributed by atoms with van der Waals surface area (Å²) in [5.41, 5.74) is -2.00. The van der Waals surface area contributed by atoms with Crippen LogP contribution in [0.5, 0.6) is 0 Å². The predicted molar refractivity (Wildman–Crippen MR) is 177 cm³/mol. The smallest absolute Gasteiger partial charge is 0.325 e. The Bertz CT molecular complexity index is 1210. The van der Waals surface area contributed by atoms with Crippen LogP contribution in [0.25, 0.3) is 0 Å². The Morgan fingerprint density at radius 3 is 0.958 bits per heavy atom. The minimum Gasteiger partial charge on any atom is -0.367 e. The van der Waals surface area contributed by atoms with Gasteiger partial charge in [-0.25, -0.2) is 9.59 Å². The highest BCUT2D eigenvalue weighted by atomic mass is 16.7. The normalized spacial score (nSPS) is 36.9. The van der Waals surface area contributed by atoms with E-state index >= 15 is 0 Å². The number of nitrogens with zero attached hydrogens (tertiary/aromatic N) is 8. The Morgan fingerprint density at radius 1 is 0.521 bits per heavy atom. The van der Waals surface area contributed by atoms with Crippen molar-refractivity contribution in [2.24, 2.45) is 23.7 Å². The number of urea groups is 2. The molecule has 0 aromatic heterocycles. The van der Waals surface area contributed by atoms with Crippen molar-refractivity contribution in [3.8, 4) is 0 Å². The largest absolute Gasteiger partial charge is 0.367 e. The molecule has 4 unspecified atom stereocenters. The summed E-state index contributed by atoms with van der Waals surface area (Å²) in [5.74, 6) is -0.505. The number of hydroxylamine groups is 4. The molecule has 0 bridgehead atoms. The van der Waals surface area contributed by atoms with Crippen LogP contribution in [0.3, 0.4) is 0 Å². The molecule has 4 atom stereocenters. The van der Waals surface area contributed by atoms with Gasteiger partial charge in [-0.15, -0.1) is 10.1 Å². The SMILES string of the molecule is CC(=O)ON1C(C)(C)C(C)C(N2CN3C(=O)N4CN(C5C(C)C(C)(C)N(OC(C)=O)C(C)(C)C5C)CN5C(=O)N(C2)C3C45)C(C)C1(C)C. The van der Waals surface area contributed by atoms with E-state index in [9.17, 15) is 19.2 Å². The summed E-state index contributed by atoms with van der Waals surface area (Å²) >= 11 is 0. The number of carbonyl (C=O) groups excluding carboxylic acids is 4. The van der Waals surface area contributed by atoms with Gasteiger partial charge in [0.15, 0.2) is 12.3 Å². The molecule has 48 heavy (non-hydrogen) atoms. The average molecular weight is 675 g/mol.